The summed E-state index contributed by atoms with van der Waals surface area (Å²) in [6.45, 7) is 3.71. The fraction of sp³-hybridized carbons (Fsp3) is 0.357. The van der Waals surface area contributed by atoms with E-state index in [1.807, 2.05) is 10.9 Å². The van der Waals surface area contributed by atoms with Crippen molar-refractivity contribution in [3.05, 3.63) is 53.3 Å². The minimum Gasteiger partial charge on any atom is -0.330 e. The molecule has 0 bridgehead atoms. The molecule has 3 heteroatoms. The van der Waals surface area contributed by atoms with Crippen LogP contribution >= 0.6 is 0 Å². The van der Waals surface area contributed by atoms with Crippen LogP contribution in [0.15, 0.2) is 36.7 Å². The van der Waals surface area contributed by atoms with Crippen molar-refractivity contribution < 1.29 is 0 Å². The molecular formula is C14H19N3. The van der Waals surface area contributed by atoms with E-state index in [4.69, 9.17) is 5.73 Å². The molecule has 0 saturated heterocycles. The predicted molar refractivity (Wildman–Crippen MR) is 69.9 cm³/mol. The fourth-order valence-corrected chi connectivity index (χ4v) is 1.89. The van der Waals surface area contributed by atoms with Gasteiger partial charge >= 0.3 is 0 Å². The lowest BCUT2D eigenvalue weighted by Crippen LogP contribution is -2.02. The van der Waals surface area contributed by atoms with E-state index in [0.717, 1.165) is 25.9 Å². The highest BCUT2D eigenvalue weighted by atomic mass is 15.3. The van der Waals surface area contributed by atoms with Gasteiger partial charge in [-0.2, -0.15) is 5.10 Å². The number of nitrogens with two attached hydrogens (primary N) is 1. The zero-order valence-corrected chi connectivity index (χ0v) is 10.3. The highest BCUT2D eigenvalue weighted by Gasteiger charge is 2.01. The van der Waals surface area contributed by atoms with Gasteiger partial charge in [0.05, 0.1) is 12.7 Å². The zero-order valence-electron chi connectivity index (χ0n) is 10.3. The molecule has 2 rings (SSSR count). The first kappa shape index (κ1) is 11.9. The summed E-state index contributed by atoms with van der Waals surface area (Å²) in [6, 6.07) is 8.42. The molecule has 2 N–H and O–H groups in total. The molecule has 17 heavy (non-hydrogen) atoms. The third-order valence-electron chi connectivity index (χ3n) is 2.95. The maximum atomic E-state index is 5.50. The smallest absolute Gasteiger partial charge is 0.0662 e. The molecule has 0 aliphatic carbocycles. The minimum absolute atomic E-state index is 0.739. The second kappa shape index (κ2) is 5.64. The third-order valence-corrected chi connectivity index (χ3v) is 2.95. The monoisotopic (exact) mass is 229 g/mol. The van der Waals surface area contributed by atoms with Crippen molar-refractivity contribution in [1.82, 2.24) is 9.78 Å². The summed E-state index contributed by atoms with van der Waals surface area (Å²) in [5.74, 6) is 0. The molecule has 2 aromatic rings. The zero-order chi connectivity index (χ0) is 12.1. The van der Waals surface area contributed by atoms with Crippen molar-refractivity contribution in [1.29, 1.82) is 0 Å². The quantitative estimate of drug-likeness (QED) is 0.853. The standard InChI is InChI=1S/C14H19N3/c1-12-5-2-3-7-14(12)11-17-10-13(9-16-17)6-4-8-15/h2-3,5,7,9-10H,4,6,8,11,15H2,1H3. The van der Waals surface area contributed by atoms with Crippen LogP contribution in [0.5, 0.6) is 0 Å². The van der Waals surface area contributed by atoms with Gasteiger partial charge in [-0.15, -0.1) is 0 Å². The Morgan fingerprint density at radius 1 is 1.29 bits per heavy atom. The van der Waals surface area contributed by atoms with Gasteiger partial charge < -0.3 is 5.73 Å². The first-order valence-electron chi connectivity index (χ1n) is 6.05. The maximum Gasteiger partial charge on any atom is 0.0662 e. The first-order chi connectivity index (χ1) is 8.29. The van der Waals surface area contributed by atoms with E-state index in [-0.39, 0.29) is 0 Å². The van der Waals surface area contributed by atoms with Crippen LogP contribution in [-0.4, -0.2) is 16.3 Å². The van der Waals surface area contributed by atoms with Crippen LogP contribution in [0.4, 0.5) is 0 Å². The van der Waals surface area contributed by atoms with Crippen LogP contribution in [0.25, 0.3) is 0 Å². The van der Waals surface area contributed by atoms with Gasteiger partial charge in [0.15, 0.2) is 0 Å². The van der Waals surface area contributed by atoms with Crippen LogP contribution in [0, 0.1) is 6.92 Å². The Kier molecular flexibility index (Phi) is 3.94. The van der Waals surface area contributed by atoms with Gasteiger partial charge in [0.2, 0.25) is 0 Å². The molecule has 0 saturated carbocycles. The normalized spacial score (nSPS) is 10.7. The molecule has 0 spiro atoms. The largest absolute Gasteiger partial charge is 0.330 e. The van der Waals surface area contributed by atoms with Gasteiger partial charge in [-0.1, -0.05) is 24.3 Å². The van der Waals surface area contributed by atoms with Crippen LogP contribution in [0.2, 0.25) is 0 Å². The minimum atomic E-state index is 0.739. The SMILES string of the molecule is Cc1ccccc1Cn1cc(CCCN)cn1. The topological polar surface area (TPSA) is 43.8 Å². The molecule has 90 valence electrons. The molecule has 0 atom stereocenters. The Hall–Kier alpha value is -1.61. The van der Waals surface area contributed by atoms with Gasteiger partial charge in [-0.3, -0.25) is 4.68 Å². The van der Waals surface area contributed by atoms with E-state index < -0.39 is 0 Å². The van der Waals surface area contributed by atoms with Crippen molar-refractivity contribution >= 4 is 0 Å². The number of rotatable bonds is 5. The number of nitrogens with zero attached hydrogens (tertiary/aromatic N) is 2. The summed E-state index contributed by atoms with van der Waals surface area (Å²) in [5, 5.41) is 4.38. The highest BCUT2D eigenvalue weighted by Crippen LogP contribution is 2.09. The number of aromatic nitrogens is 2. The number of hydrogen-bond acceptors (Lipinski definition) is 2. The average Bonchev–Trinajstić information content (AvgIpc) is 2.77. The van der Waals surface area contributed by atoms with Crippen LogP contribution in [0.1, 0.15) is 23.1 Å². The fourth-order valence-electron chi connectivity index (χ4n) is 1.89. The summed E-state index contributed by atoms with van der Waals surface area (Å²) < 4.78 is 1.99. The van der Waals surface area contributed by atoms with Gasteiger partial charge in [0, 0.05) is 6.20 Å². The molecule has 1 heterocycles. The lowest BCUT2D eigenvalue weighted by Gasteiger charge is -2.05. The van der Waals surface area contributed by atoms with Crippen molar-refractivity contribution in [2.75, 3.05) is 6.54 Å². The number of aryl methyl sites for hydroxylation is 2. The van der Waals surface area contributed by atoms with E-state index in [2.05, 4.69) is 42.5 Å². The van der Waals surface area contributed by atoms with E-state index in [9.17, 15) is 0 Å². The number of hydrogen-bond donors (Lipinski definition) is 1. The van der Waals surface area contributed by atoms with Crippen molar-refractivity contribution in [3.8, 4) is 0 Å². The van der Waals surface area contributed by atoms with Gasteiger partial charge in [0.25, 0.3) is 0 Å². The van der Waals surface area contributed by atoms with Crippen molar-refractivity contribution in [3.63, 3.8) is 0 Å². The molecular weight excluding hydrogens is 210 g/mol. The maximum absolute atomic E-state index is 5.50. The van der Waals surface area contributed by atoms with Crippen LogP contribution < -0.4 is 5.73 Å². The molecule has 0 radical (unpaired) electrons. The number of benzene rings is 1. The Morgan fingerprint density at radius 3 is 2.88 bits per heavy atom. The molecule has 0 unspecified atom stereocenters. The molecule has 1 aromatic heterocycles. The van der Waals surface area contributed by atoms with Gasteiger partial charge in [-0.05, 0) is 43.0 Å². The third kappa shape index (κ3) is 3.17. The lowest BCUT2D eigenvalue weighted by molar-refractivity contribution is 0.683. The van der Waals surface area contributed by atoms with E-state index >= 15 is 0 Å². The summed E-state index contributed by atoms with van der Waals surface area (Å²) in [6.07, 6.45) is 6.09. The molecule has 0 fully saturated rings. The second-order valence-corrected chi connectivity index (χ2v) is 4.36. The summed E-state index contributed by atoms with van der Waals surface area (Å²) in [5.41, 5.74) is 9.40. The van der Waals surface area contributed by atoms with E-state index in [0.29, 0.717) is 0 Å². The molecule has 0 aliphatic heterocycles. The van der Waals surface area contributed by atoms with Crippen molar-refractivity contribution in [2.45, 2.75) is 26.3 Å². The Labute approximate surface area is 102 Å². The second-order valence-electron chi connectivity index (χ2n) is 4.36. The first-order valence-corrected chi connectivity index (χ1v) is 6.05. The summed E-state index contributed by atoms with van der Waals surface area (Å²) in [7, 11) is 0. The summed E-state index contributed by atoms with van der Waals surface area (Å²) in [4.78, 5) is 0. The van der Waals surface area contributed by atoms with Gasteiger partial charge in [0.1, 0.15) is 0 Å². The average molecular weight is 229 g/mol. The van der Waals surface area contributed by atoms with Crippen LogP contribution in [0.3, 0.4) is 0 Å². The van der Waals surface area contributed by atoms with Gasteiger partial charge in [-0.25, -0.2) is 0 Å². The molecule has 0 amide bonds. The Morgan fingerprint density at radius 2 is 2.12 bits per heavy atom. The van der Waals surface area contributed by atoms with Crippen molar-refractivity contribution in [2.24, 2.45) is 5.73 Å². The predicted octanol–water partition coefficient (Wildman–Crippen LogP) is 2.13. The Balaban J connectivity index is 2.04. The molecule has 3 nitrogen and oxygen atoms in total. The highest BCUT2D eigenvalue weighted by molar-refractivity contribution is 5.25. The summed E-state index contributed by atoms with van der Waals surface area (Å²) >= 11 is 0. The molecule has 0 aliphatic rings. The van der Waals surface area contributed by atoms with E-state index in [1.54, 1.807) is 0 Å². The Bertz CT molecular complexity index is 474. The molecule has 1 aromatic carbocycles. The lowest BCUT2D eigenvalue weighted by atomic mass is 10.1. The van der Waals surface area contributed by atoms with Crippen LogP contribution in [-0.2, 0) is 13.0 Å². The van der Waals surface area contributed by atoms with E-state index in [1.165, 1.54) is 16.7 Å².